The number of carbonyl (C=O) groups excluding carboxylic acids is 1. The first-order chi connectivity index (χ1) is 11.9. The van der Waals surface area contributed by atoms with Gasteiger partial charge < -0.3 is 4.74 Å². The van der Waals surface area contributed by atoms with E-state index in [1.165, 1.54) is 18.3 Å². The van der Waals surface area contributed by atoms with Crippen molar-refractivity contribution in [3.05, 3.63) is 43.3 Å². The Kier molecular flexibility index (Phi) is 4.86. The zero-order chi connectivity index (χ0) is 18.0. The summed E-state index contributed by atoms with van der Waals surface area (Å²) in [7, 11) is 0. The molecule has 0 bridgehead atoms. The number of hydrogen-bond donors (Lipinski definition) is 1. The summed E-state index contributed by atoms with van der Waals surface area (Å²) >= 11 is 1.21. The van der Waals surface area contributed by atoms with Gasteiger partial charge in [0.1, 0.15) is 17.7 Å². The molecule has 25 heavy (non-hydrogen) atoms. The predicted molar refractivity (Wildman–Crippen MR) is 88.6 cm³/mol. The Balaban J connectivity index is 1.69. The van der Waals surface area contributed by atoms with E-state index in [9.17, 15) is 19.7 Å². The lowest BCUT2D eigenvalue weighted by Gasteiger charge is -2.06. The van der Waals surface area contributed by atoms with Gasteiger partial charge in [-0.1, -0.05) is 11.3 Å². The molecule has 3 rings (SSSR count). The van der Waals surface area contributed by atoms with Crippen molar-refractivity contribution in [3.8, 4) is 0 Å². The fourth-order valence-corrected chi connectivity index (χ4v) is 3.31. The Morgan fingerprint density at radius 3 is 3.04 bits per heavy atom. The SMILES string of the molecule is Cc1cc(=O)n(CC(=O)Nc2nnc(C3CCCO3)s2)cc1[N+](=O)[O-]. The van der Waals surface area contributed by atoms with Crippen molar-refractivity contribution >= 4 is 28.1 Å². The van der Waals surface area contributed by atoms with E-state index < -0.39 is 16.4 Å². The topological polar surface area (TPSA) is 129 Å². The van der Waals surface area contributed by atoms with Gasteiger partial charge in [0.15, 0.2) is 0 Å². The van der Waals surface area contributed by atoms with E-state index in [2.05, 4.69) is 15.5 Å². The zero-order valence-electron chi connectivity index (χ0n) is 13.3. The number of carbonyl (C=O) groups is 1. The molecule has 1 amide bonds. The van der Waals surface area contributed by atoms with Crippen molar-refractivity contribution < 1.29 is 14.5 Å². The summed E-state index contributed by atoms with van der Waals surface area (Å²) in [4.78, 5) is 34.4. The van der Waals surface area contributed by atoms with Crippen LogP contribution in [0.3, 0.4) is 0 Å². The van der Waals surface area contributed by atoms with E-state index in [1.807, 2.05) is 0 Å². The first kappa shape index (κ1) is 17.2. The molecular weight excluding hydrogens is 350 g/mol. The number of aryl methyl sites for hydroxylation is 1. The molecule has 11 heteroatoms. The molecule has 0 saturated carbocycles. The van der Waals surface area contributed by atoms with Crippen LogP contribution in [-0.2, 0) is 16.1 Å². The third-order valence-corrected chi connectivity index (χ3v) is 4.64. The largest absolute Gasteiger partial charge is 0.371 e. The highest BCUT2D eigenvalue weighted by molar-refractivity contribution is 7.15. The standard InChI is InChI=1S/C14H15N5O5S/c1-8-5-12(21)18(6-9(8)19(22)23)7-11(20)15-14-17-16-13(25-14)10-3-2-4-24-10/h5-6,10H,2-4,7H2,1H3,(H,15,17,20). The Bertz CT molecular complexity index is 871. The van der Waals surface area contributed by atoms with Crippen LogP contribution in [0.25, 0.3) is 0 Å². The maximum absolute atomic E-state index is 12.1. The molecule has 1 saturated heterocycles. The molecular formula is C14H15N5O5S. The zero-order valence-corrected chi connectivity index (χ0v) is 14.1. The number of hydrogen-bond acceptors (Lipinski definition) is 8. The molecule has 0 radical (unpaired) electrons. The Morgan fingerprint density at radius 2 is 2.36 bits per heavy atom. The Labute approximate surface area is 145 Å². The van der Waals surface area contributed by atoms with Gasteiger partial charge in [-0.3, -0.25) is 29.6 Å². The second-order valence-corrected chi connectivity index (χ2v) is 6.57. The molecule has 1 atom stereocenters. The Hall–Kier alpha value is -2.66. The molecule has 132 valence electrons. The monoisotopic (exact) mass is 365 g/mol. The number of rotatable bonds is 5. The molecule has 0 aromatic carbocycles. The van der Waals surface area contributed by atoms with Gasteiger partial charge in [-0.25, -0.2) is 0 Å². The molecule has 3 heterocycles. The first-order valence-corrected chi connectivity index (χ1v) is 8.36. The normalized spacial score (nSPS) is 16.8. The lowest BCUT2D eigenvalue weighted by Crippen LogP contribution is -2.27. The number of aromatic nitrogens is 3. The van der Waals surface area contributed by atoms with Crippen LogP contribution in [0.15, 0.2) is 17.1 Å². The second-order valence-electron chi connectivity index (χ2n) is 5.56. The maximum Gasteiger partial charge on any atom is 0.288 e. The lowest BCUT2D eigenvalue weighted by atomic mass is 10.2. The van der Waals surface area contributed by atoms with Crippen LogP contribution in [0.5, 0.6) is 0 Å². The molecule has 1 unspecified atom stereocenters. The maximum atomic E-state index is 12.1. The fraction of sp³-hybridized carbons (Fsp3) is 0.429. The highest BCUT2D eigenvalue weighted by atomic mass is 32.1. The molecule has 2 aromatic heterocycles. The number of nitrogens with zero attached hydrogens (tertiary/aromatic N) is 4. The van der Waals surface area contributed by atoms with E-state index in [4.69, 9.17) is 4.74 Å². The molecule has 1 fully saturated rings. The summed E-state index contributed by atoms with van der Waals surface area (Å²) in [6.45, 7) is 1.80. The van der Waals surface area contributed by atoms with Crippen molar-refractivity contribution in [2.45, 2.75) is 32.4 Å². The number of ether oxygens (including phenoxy) is 1. The smallest absolute Gasteiger partial charge is 0.288 e. The average molecular weight is 365 g/mol. The summed E-state index contributed by atoms with van der Waals surface area (Å²) in [5.41, 5.74) is -0.462. The summed E-state index contributed by atoms with van der Waals surface area (Å²) < 4.78 is 6.49. The highest BCUT2D eigenvalue weighted by Gasteiger charge is 2.22. The van der Waals surface area contributed by atoms with Crippen molar-refractivity contribution in [1.82, 2.24) is 14.8 Å². The van der Waals surface area contributed by atoms with Gasteiger partial charge in [0.2, 0.25) is 11.0 Å². The van der Waals surface area contributed by atoms with Crippen molar-refractivity contribution in [2.75, 3.05) is 11.9 Å². The van der Waals surface area contributed by atoms with Crippen molar-refractivity contribution in [2.24, 2.45) is 0 Å². The minimum absolute atomic E-state index is 0.0921. The molecule has 10 nitrogen and oxygen atoms in total. The van der Waals surface area contributed by atoms with Crippen LogP contribution in [-0.4, -0.2) is 32.2 Å². The van der Waals surface area contributed by atoms with Crippen LogP contribution in [0.4, 0.5) is 10.8 Å². The number of amides is 1. The van der Waals surface area contributed by atoms with E-state index in [0.717, 1.165) is 29.7 Å². The molecule has 1 aliphatic rings. The molecule has 2 aromatic rings. The van der Waals surface area contributed by atoms with Gasteiger partial charge >= 0.3 is 0 Å². The van der Waals surface area contributed by atoms with Crippen LogP contribution < -0.4 is 10.9 Å². The molecule has 0 aliphatic carbocycles. The van der Waals surface area contributed by atoms with Gasteiger partial charge in [0, 0.05) is 18.2 Å². The number of nitro groups is 1. The number of pyridine rings is 1. The summed E-state index contributed by atoms with van der Waals surface area (Å²) in [6.07, 6.45) is 2.80. The predicted octanol–water partition coefficient (Wildman–Crippen LogP) is 1.41. The molecule has 1 aliphatic heterocycles. The number of anilines is 1. The van der Waals surface area contributed by atoms with Gasteiger partial charge in [-0.15, -0.1) is 10.2 Å². The summed E-state index contributed by atoms with van der Waals surface area (Å²) in [6, 6.07) is 1.13. The summed E-state index contributed by atoms with van der Waals surface area (Å²) in [5.74, 6) is -0.518. The van der Waals surface area contributed by atoms with Gasteiger partial charge in [0.25, 0.3) is 11.2 Å². The van der Waals surface area contributed by atoms with Gasteiger partial charge in [0.05, 0.1) is 11.1 Å². The number of nitrogens with one attached hydrogen (secondary N) is 1. The van der Waals surface area contributed by atoms with Crippen molar-refractivity contribution in [3.63, 3.8) is 0 Å². The second kappa shape index (κ2) is 7.07. The first-order valence-electron chi connectivity index (χ1n) is 7.54. The minimum Gasteiger partial charge on any atom is -0.371 e. The average Bonchev–Trinajstić information content (AvgIpc) is 3.20. The Morgan fingerprint density at radius 1 is 1.56 bits per heavy atom. The van der Waals surface area contributed by atoms with Gasteiger partial charge in [-0.05, 0) is 19.8 Å². The van der Waals surface area contributed by atoms with E-state index >= 15 is 0 Å². The third kappa shape index (κ3) is 3.88. The molecule has 1 N–H and O–H groups in total. The highest BCUT2D eigenvalue weighted by Crippen LogP contribution is 2.31. The summed E-state index contributed by atoms with van der Waals surface area (Å²) in [5, 5.41) is 22.4. The van der Waals surface area contributed by atoms with Crippen LogP contribution in [0, 0.1) is 17.0 Å². The van der Waals surface area contributed by atoms with Crippen LogP contribution >= 0.6 is 11.3 Å². The van der Waals surface area contributed by atoms with Gasteiger partial charge in [-0.2, -0.15) is 0 Å². The lowest BCUT2D eigenvalue weighted by molar-refractivity contribution is -0.385. The van der Waals surface area contributed by atoms with E-state index in [1.54, 1.807) is 0 Å². The van der Waals surface area contributed by atoms with E-state index in [-0.39, 0.29) is 23.9 Å². The van der Waals surface area contributed by atoms with Crippen LogP contribution in [0.2, 0.25) is 0 Å². The minimum atomic E-state index is -0.595. The van der Waals surface area contributed by atoms with Crippen molar-refractivity contribution in [1.29, 1.82) is 0 Å². The third-order valence-electron chi connectivity index (χ3n) is 3.71. The quantitative estimate of drug-likeness (QED) is 0.626. The fourth-order valence-electron chi connectivity index (χ4n) is 2.47. The molecule has 0 spiro atoms. The van der Waals surface area contributed by atoms with Crippen LogP contribution in [0.1, 0.15) is 29.5 Å². The van der Waals surface area contributed by atoms with E-state index in [0.29, 0.717) is 16.7 Å².